The van der Waals surface area contributed by atoms with Gasteiger partial charge in [0.2, 0.25) is 21.8 Å². The molecular formula is C25H35N3O4S. The number of likely N-dealkylation sites (N-methyl/N-ethyl adjacent to an activating group) is 1. The van der Waals surface area contributed by atoms with Gasteiger partial charge in [0, 0.05) is 20.1 Å². The lowest BCUT2D eigenvalue weighted by Crippen LogP contribution is -2.51. The van der Waals surface area contributed by atoms with Crippen LogP contribution in [0.25, 0.3) is 0 Å². The van der Waals surface area contributed by atoms with Crippen molar-refractivity contribution >= 4 is 21.8 Å². The average Bonchev–Trinajstić information content (AvgIpc) is 2.76. The fourth-order valence-electron chi connectivity index (χ4n) is 3.26. The number of benzene rings is 2. The van der Waals surface area contributed by atoms with Gasteiger partial charge in [-0.1, -0.05) is 55.8 Å². The van der Waals surface area contributed by atoms with Crippen LogP contribution in [-0.2, 0) is 26.2 Å². The molecule has 33 heavy (non-hydrogen) atoms. The van der Waals surface area contributed by atoms with E-state index in [1.54, 1.807) is 19.1 Å². The zero-order valence-electron chi connectivity index (χ0n) is 20.3. The molecule has 0 saturated heterocycles. The molecule has 0 aliphatic heterocycles. The summed E-state index contributed by atoms with van der Waals surface area (Å²) in [5, 5.41) is 2.87. The standard InChI is InChI=1S/C25H35N3O4S/c1-18(2)15-26-25(30)21(5)28(16-22-10-8-7-9-20(22)4)24(29)17-27(6)33(31,32)23-13-11-19(3)12-14-23/h7-14,18,21H,15-17H2,1-6H3,(H,26,30). The Morgan fingerprint density at radius 1 is 0.970 bits per heavy atom. The minimum Gasteiger partial charge on any atom is -0.354 e. The van der Waals surface area contributed by atoms with Gasteiger partial charge in [0.1, 0.15) is 6.04 Å². The molecule has 7 nitrogen and oxygen atoms in total. The van der Waals surface area contributed by atoms with E-state index in [2.05, 4.69) is 5.32 Å². The molecule has 8 heteroatoms. The summed E-state index contributed by atoms with van der Waals surface area (Å²) in [5.74, 6) is -0.439. The Morgan fingerprint density at radius 2 is 1.58 bits per heavy atom. The minimum absolute atomic E-state index is 0.122. The lowest BCUT2D eigenvalue weighted by Gasteiger charge is -2.31. The van der Waals surface area contributed by atoms with Crippen molar-refractivity contribution in [3.05, 3.63) is 65.2 Å². The van der Waals surface area contributed by atoms with Gasteiger partial charge in [-0.3, -0.25) is 9.59 Å². The molecule has 1 N–H and O–H groups in total. The van der Waals surface area contributed by atoms with Crippen LogP contribution in [0.4, 0.5) is 0 Å². The molecule has 0 fully saturated rings. The maximum Gasteiger partial charge on any atom is 0.243 e. The first-order chi connectivity index (χ1) is 15.4. The van der Waals surface area contributed by atoms with E-state index in [0.29, 0.717) is 6.54 Å². The van der Waals surface area contributed by atoms with Crippen LogP contribution in [0.1, 0.15) is 37.5 Å². The first kappa shape index (κ1) is 26.5. The third-order valence-electron chi connectivity index (χ3n) is 5.54. The number of nitrogens with one attached hydrogen (secondary N) is 1. The topological polar surface area (TPSA) is 86.8 Å². The summed E-state index contributed by atoms with van der Waals surface area (Å²) in [6, 6.07) is 13.4. The molecule has 2 aromatic carbocycles. The summed E-state index contributed by atoms with van der Waals surface area (Å²) in [7, 11) is -2.47. The predicted octanol–water partition coefficient (Wildman–Crippen LogP) is 3.11. The van der Waals surface area contributed by atoms with Crippen molar-refractivity contribution in [3.8, 4) is 0 Å². The summed E-state index contributed by atoms with van der Waals surface area (Å²) >= 11 is 0. The van der Waals surface area contributed by atoms with Crippen LogP contribution >= 0.6 is 0 Å². The Bertz CT molecular complexity index is 1070. The van der Waals surface area contributed by atoms with E-state index in [9.17, 15) is 18.0 Å². The smallest absolute Gasteiger partial charge is 0.243 e. The number of hydrogen-bond donors (Lipinski definition) is 1. The zero-order chi connectivity index (χ0) is 24.8. The largest absolute Gasteiger partial charge is 0.354 e. The molecule has 1 unspecified atom stereocenters. The molecule has 0 heterocycles. The Hall–Kier alpha value is -2.71. The predicted molar refractivity (Wildman–Crippen MR) is 130 cm³/mol. The van der Waals surface area contributed by atoms with Crippen molar-refractivity contribution in [1.82, 2.24) is 14.5 Å². The molecule has 1 atom stereocenters. The molecule has 0 saturated carbocycles. The van der Waals surface area contributed by atoms with Gasteiger partial charge in [-0.25, -0.2) is 8.42 Å². The van der Waals surface area contributed by atoms with Gasteiger partial charge in [0.15, 0.2) is 0 Å². The van der Waals surface area contributed by atoms with Gasteiger partial charge in [-0.05, 0) is 49.9 Å². The maximum absolute atomic E-state index is 13.3. The van der Waals surface area contributed by atoms with Gasteiger partial charge in [0.25, 0.3) is 0 Å². The Kier molecular flexibility index (Phi) is 9.19. The van der Waals surface area contributed by atoms with Crippen molar-refractivity contribution in [2.75, 3.05) is 20.1 Å². The summed E-state index contributed by atoms with van der Waals surface area (Å²) in [4.78, 5) is 27.7. The molecule has 0 aromatic heterocycles. The van der Waals surface area contributed by atoms with Crippen molar-refractivity contribution < 1.29 is 18.0 Å². The molecule has 0 aliphatic rings. The van der Waals surface area contributed by atoms with E-state index in [4.69, 9.17) is 0 Å². The quantitative estimate of drug-likeness (QED) is 0.574. The average molecular weight is 474 g/mol. The van der Waals surface area contributed by atoms with Crippen LogP contribution in [-0.4, -0.2) is 55.6 Å². The summed E-state index contributed by atoms with van der Waals surface area (Å²) in [5.41, 5.74) is 2.84. The molecular weight excluding hydrogens is 438 g/mol. The Labute approximate surface area is 197 Å². The van der Waals surface area contributed by atoms with E-state index in [-0.39, 0.29) is 29.8 Å². The van der Waals surface area contributed by atoms with Crippen LogP contribution < -0.4 is 5.32 Å². The van der Waals surface area contributed by atoms with Crippen LogP contribution in [0, 0.1) is 19.8 Å². The summed E-state index contributed by atoms with van der Waals surface area (Å²) < 4.78 is 27.0. The highest BCUT2D eigenvalue weighted by Gasteiger charge is 2.30. The van der Waals surface area contributed by atoms with E-state index in [1.165, 1.54) is 24.1 Å². The van der Waals surface area contributed by atoms with E-state index < -0.39 is 22.0 Å². The number of hydrogen-bond acceptors (Lipinski definition) is 4. The van der Waals surface area contributed by atoms with Gasteiger partial charge >= 0.3 is 0 Å². The van der Waals surface area contributed by atoms with Crippen molar-refractivity contribution in [3.63, 3.8) is 0 Å². The molecule has 180 valence electrons. The minimum atomic E-state index is -3.85. The lowest BCUT2D eigenvalue weighted by atomic mass is 10.1. The van der Waals surface area contributed by atoms with Crippen molar-refractivity contribution in [1.29, 1.82) is 0 Å². The van der Waals surface area contributed by atoms with E-state index in [1.807, 2.05) is 52.0 Å². The highest BCUT2D eigenvalue weighted by molar-refractivity contribution is 7.89. The van der Waals surface area contributed by atoms with Crippen LogP contribution in [0.2, 0.25) is 0 Å². The Morgan fingerprint density at radius 3 is 2.15 bits per heavy atom. The molecule has 2 amide bonds. The Balaban J connectivity index is 2.27. The third kappa shape index (κ3) is 7.14. The number of amides is 2. The van der Waals surface area contributed by atoms with E-state index >= 15 is 0 Å². The SMILES string of the molecule is Cc1ccc(S(=O)(=O)N(C)CC(=O)N(Cc2ccccc2C)C(C)C(=O)NCC(C)C)cc1. The monoisotopic (exact) mass is 473 g/mol. The summed E-state index contributed by atoms with van der Waals surface area (Å²) in [6.45, 7) is 9.80. The lowest BCUT2D eigenvalue weighted by molar-refractivity contribution is -0.140. The molecule has 2 aromatic rings. The third-order valence-corrected chi connectivity index (χ3v) is 7.36. The second kappa shape index (κ2) is 11.4. The number of sulfonamides is 1. The number of aryl methyl sites for hydroxylation is 2. The highest BCUT2D eigenvalue weighted by atomic mass is 32.2. The van der Waals surface area contributed by atoms with Crippen LogP contribution in [0.15, 0.2) is 53.4 Å². The second-order valence-corrected chi connectivity index (χ2v) is 10.9. The van der Waals surface area contributed by atoms with Crippen LogP contribution in [0.3, 0.4) is 0 Å². The molecule has 0 bridgehead atoms. The van der Waals surface area contributed by atoms with Crippen LogP contribution in [0.5, 0.6) is 0 Å². The number of rotatable bonds is 10. The highest BCUT2D eigenvalue weighted by Crippen LogP contribution is 2.17. The van der Waals surface area contributed by atoms with Crippen molar-refractivity contribution in [2.24, 2.45) is 5.92 Å². The molecule has 0 radical (unpaired) electrons. The molecule has 2 rings (SSSR count). The fraction of sp³-hybridized carbons (Fsp3) is 0.440. The van der Waals surface area contributed by atoms with Gasteiger partial charge in [-0.15, -0.1) is 0 Å². The maximum atomic E-state index is 13.3. The van der Waals surface area contributed by atoms with Crippen molar-refractivity contribution in [2.45, 2.75) is 52.1 Å². The summed E-state index contributed by atoms with van der Waals surface area (Å²) in [6.07, 6.45) is 0. The molecule has 0 spiro atoms. The van der Waals surface area contributed by atoms with Gasteiger partial charge in [0.05, 0.1) is 11.4 Å². The van der Waals surface area contributed by atoms with Gasteiger partial charge < -0.3 is 10.2 Å². The zero-order valence-corrected chi connectivity index (χ0v) is 21.1. The normalized spacial score (nSPS) is 12.6. The fourth-order valence-corrected chi connectivity index (χ4v) is 4.38. The number of nitrogens with zero attached hydrogens (tertiary/aromatic N) is 2. The van der Waals surface area contributed by atoms with Gasteiger partial charge in [-0.2, -0.15) is 4.31 Å². The number of carbonyl (C=O) groups is 2. The first-order valence-corrected chi connectivity index (χ1v) is 12.5. The second-order valence-electron chi connectivity index (χ2n) is 8.84. The number of carbonyl (C=O) groups excluding carboxylic acids is 2. The van der Waals surface area contributed by atoms with E-state index in [0.717, 1.165) is 21.0 Å². The first-order valence-electron chi connectivity index (χ1n) is 11.1. The molecule has 0 aliphatic carbocycles.